The summed E-state index contributed by atoms with van der Waals surface area (Å²) in [7, 11) is 0. The first-order valence-corrected chi connectivity index (χ1v) is 9.33. The Morgan fingerprint density at radius 2 is 2.04 bits per heavy atom. The smallest absolute Gasteiger partial charge is 0.241 e. The van der Waals surface area contributed by atoms with Gasteiger partial charge < -0.3 is 10.6 Å². The van der Waals surface area contributed by atoms with Crippen LogP contribution in [0.1, 0.15) is 26.7 Å². The van der Waals surface area contributed by atoms with Gasteiger partial charge in [0, 0.05) is 42.7 Å². The number of hydrogen-bond acceptors (Lipinski definition) is 5. The number of hydrogen-bond donors (Lipinski definition) is 2. The standard InChI is InChI=1S/C20H21N7O/c1-13(28)24-20(2)10-15(11-20)23-19-21-12-18-17(5-8-27(18)25-19)14-4-7-26-16(9-14)3-6-22-26/h3-9,12,15H,10-11H2,1-2H3,(H,23,25)(H,24,28). The molecule has 8 nitrogen and oxygen atoms in total. The van der Waals surface area contributed by atoms with Gasteiger partial charge in [0.1, 0.15) is 0 Å². The van der Waals surface area contributed by atoms with Gasteiger partial charge in [-0.1, -0.05) is 0 Å². The Morgan fingerprint density at radius 3 is 2.86 bits per heavy atom. The first-order valence-electron chi connectivity index (χ1n) is 9.33. The van der Waals surface area contributed by atoms with Gasteiger partial charge in [-0.15, -0.1) is 5.10 Å². The van der Waals surface area contributed by atoms with E-state index in [-0.39, 0.29) is 17.5 Å². The van der Waals surface area contributed by atoms with Crippen molar-refractivity contribution in [2.75, 3.05) is 5.32 Å². The van der Waals surface area contributed by atoms with Crippen LogP contribution >= 0.6 is 0 Å². The Morgan fingerprint density at radius 1 is 1.21 bits per heavy atom. The summed E-state index contributed by atoms with van der Waals surface area (Å²) in [5.74, 6) is 0.600. The van der Waals surface area contributed by atoms with E-state index in [0.717, 1.165) is 35.0 Å². The topological polar surface area (TPSA) is 88.6 Å². The van der Waals surface area contributed by atoms with Gasteiger partial charge in [0.05, 0.1) is 17.2 Å². The molecular formula is C20H21N7O. The molecule has 1 aliphatic rings. The Kier molecular flexibility index (Phi) is 3.61. The van der Waals surface area contributed by atoms with E-state index in [9.17, 15) is 4.79 Å². The molecule has 0 unspecified atom stereocenters. The number of carbonyl (C=O) groups is 1. The molecule has 1 fully saturated rings. The molecule has 0 spiro atoms. The van der Waals surface area contributed by atoms with E-state index < -0.39 is 0 Å². The quantitative estimate of drug-likeness (QED) is 0.572. The van der Waals surface area contributed by atoms with Gasteiger partial charge in [-0.25, -0.2) is 14.0 Å². The molecule has 4 aromatic rings. The molecule has 0 atom stereocenters. The zero-order valence-electron chi connectivity index (χ0n) is 15.8. The van der Waals surface area contributed by atoms with Crippen molar-refractivity contribution in [1.29, 1.82) is 0 Å². The van der Waals surface area contributed by atoms with E-state index in [4.69, 9.17) is 0 Å². The van der Waals surface area contributed by atoms with Gasteiger partial charge in [0.15, 0.2) is 0 Å². The molecule has 1 amide bonds. The van der Waals surface area contributed by atoms with E-state index in [1.165, 1.54) is 0 Å². The summed E-state index contributed by atoms with van der Waals surface area (Å²) in [6.07, 6.45) is 9.24. The monoisotopic (exact) mass is 375 g/mol. The summed E-state index contributed by atoms with van der Waals surface area (Å²) in [5, 5.41) is 15.2. The molecule has 4 heterocycles. The van der Waals surface area contributed by atoms with Crippen molar-refractivity contribution in [2.45, 2.75) is 38.3 Å². The molecule has 5 rings (SSSR count). The van der Waals surface area contributed by atoms with Crippen LogP contribution in [0.15, 0.2) is 49.1 Å². The molecule has 0 aliphatic heterocycles. The number of amides is 1. The highest BCUT2D eigenvalue weighted by molar-refractivity contribution is 5.82. The average molecular weight is 375 g/mol. The number of aromatic nitrogens is 5. The molecule has 2 N–H and O–H groups in total. The predicted octanol–water partition coefficient (Wildman–Crippen LogP) is 2.51. The van der Waals surface area contributed by atoms with Crippen LogP contribution in [0.3, 0.4) is 0 Å². The normalized spacial score (nSPS) is 21.6. The van der Waals surface area contributed by atoms with E-state index >= 15 is 0 Å². The third kappa shape index (κ3) is 2.87. The summed E-state index contributed by atoms with van der Waals surface area (Å²) < 4.78 is 3.69. The number of anilines is 1. The SMILES string of the molecule is CC(=O)NC1(C)CC(Nc2ncc3c(-c4ccn5nccc5c4)ccn3n2)C1. The van der Waals surface area contributed by atoms with Crippen LogP contribution in [-0.4, -0.2) is 41.7 Å². The second-order valence-corrected chi connectivity index (χ2v) is 7.75. The van der Waals surface area contributed by atoms with Crippen molar-refractivity contribution in [3.8, 4) is 11.1 Å². The lowest BCUT2D eigenvalue weighted by molar-refractivity contribution is -0.121. The van der Waals surface area contributed by atoms with Crippen LogP contribution in [0.4, 0.5) is 5.95 Å². The van der Waals surface area contributed by atoms with Crippen LogP contribution in [0.5, 0.6) is 0 Å². The Labute approximate surface area is 161 Å². The van der Waals surface area contributed by atoms with Gasteiger partial charge in [0.25, 0.3) is 0 Å². The van der Waals surface area contributed by atoms with Gasteiger partial charge >= 0.3 is 0 Å². The minimum atomic E-state index is -0.138. The highest BCUT2D eigenvalue weighted by Crippen LogP contribution is 2.33. The maximum atomic E-state index is 11.3. The van der Waals surface area contributed by atoms with Crippen LogP contribution in [-0.2, 0) is 4.79 Å². The van der Waals surface area contributed by atoms with Crippen LogP contribution in [0.2, 0.25) is 0 Å². The lowest BCUT2D eigenvalue weighted by atomic mass is 9.74. The number of carbonyl (C=O) groups excluding carboxylic acids is 1. The average Bonchev–Trinajstić information content (AvgIpc) is 3.25. The van der Waals surface area contributed by atoms with Crippen LogP contribution in [0.25, 0.3) is 22.2 Å². The van der Waals surface area contributed by atoms with E-state index in [1.807, 2.05) is 45.8 Å². The van der Waals surface area contributed by atoms with Crippen molar-refractivity contribution >= 4 is 22.9 Å². The molecule has 1 aliphatic carbocycles. The van der Waals surface area contributed by atoms with Crippen LogP contribution < -0.4 is 10.6 Å². The summed E-state index contributed by atoms with van der Waals surface area (Å²) in [6.45, 7) is 3.61. The largest absolute Gasteiger partial charge is 0.351 e. The minimum absolute atomic E-state index is 0.00704. The maximum Gasteiger partial charge on any atom is 0.241 e. The summed E-state index contributed by atoms with van der Waals surface area (Å²) >= 11 is 0. The highest BCUT2D eigenvalue weighted by Gasteiger charge is 2.41. The van der Waals surface area contributed by atoms with Gasteiger partial charge in [0.2, 0.25) is 11.9 Å². The van der Waals surface area contributed by atoms with E-state index in [0.29, 0.717) is 5.95 Å². The molecule has 0 radical (unpaired) electrons. The fourth-order valence-electron chi connectivity index (χ4n) is 4.14. The van der Waals surface area contributed by atoms with Crippen molar-refractivity contribution in [1.82, 2.24) is 29.5 Å². The minimum Gasteiger partial charge on any atom is -0.351 e. The molecular weight excluding hydrogens is 354 g/mol. The molecule has 0 saturated heterocycles. The second-order valence-electron chi connectivity index (χ2n) is 7.75. The maximum absolute atomic E-state index is 11.3. The Balaban J connectivity index is 1.36. The van der Waals surface area contributed by atoms with Crippen LogP contribution in [0, 0.1) is 0 Å². The van der Waals surface area contributed by atoms with E-state index in [2.05, 4.69) is 38.8 Å². The molecule has 0 bridgehead atoms. The lowest BCUT2D eigenvalue weighted by Gasteiger charge is -2.45. The van der Waals surface area contributed by atoms with Crippen molar-refractivity contribution in [3.63, 3.8) is 0 Å². The summed E-state index contributed by atoms with van der Waals surface area (Å²) in [6, 6.07) is 8.43. The van der Waals surface area contributed by atoms with Gasteiger partial charge in [-0.2, -0.15) is 5.10 Å². The number of nitrogens with zero attached hydrogens (tertiary/aromatic N) is 5. The van der Waals surface area contributed by atoms with Crippen molar-refractivity contribution in [3.05, 3.63) is 49.1 Å². The molecule has 142 valence electrons. The molecule has 0 aromatic carbocycles. The molecule has 8 heteroatoms. The Bertz CT molecular complexity index is 1190. The predicted molar refractivity (Wildman–Crippen MR) is 106 cm³/mol. The lowest BCUT2D eigenvalue weighted by Crippen LogP contribution is -2.59. The third-order valence-corrected chi connectivity index (χ3v) is 5.33. The van der Waals surface area contributed by atoms with Crippen molar-refractivity contribution < 1.29 is 4.79 Å². The molecule has 4 aromatic heterocycles. The number of fused-ring (bicyclic) bond motifs is 2. The number of pyridine rings is 1. The highest BCUT2D eigenvalue weighted by atomic mass is 16.1. The summed E-state index contributed by atoms with van der Waals surface area (Å²) in [5.41, 5.74) is 4.04. The summed E-state index contributed by atoms with van der Waals surface area (Å²) in [4.78, 5) is 15.8. The van der Waals surface area contributed by atoms with E-state index in [1.54, 1.807) is 13.1 Å². The third-order valence-electron chi connectivity index (χ3n) is 5.33. The van der Waals surface area contributed by atoms with Gasteiger partial charge in [-0.05, 0) is 49.6 Å². The fourth-order valence-corrected chi connectivity index (χ4v) is 4.14. The van der Waals surface area contributed by atoms with Crippen molar-refractivity contribution in [2.24, 2.45) is 0 Å². The van der Waals surface area contributed by atoms with Gasteiger partial charge in [-0.3, -0.25) is 4.79 Å². The number of nitrogens with one attached hydrogen (secondary N) is 2. The molecule has 1 saturated carbocycles. The zero-order valence-corrected chi connectivity index (χ0v) is 15.8. The molecule has 28 heavy (non-hydrogen) atoms. The fraction of sp³-hybridized carbons (Fsp3) is 0.300. The second kappa shape index (κ2) is 6.05. The first kappa shape index (κ1) is 16.7. The Hall–Kier alpha value is -3.42. The zero-order chi connectivity index (χ0) is 19.3. The number of rotatable bonds is 4. The first-order chi connectivity index (χ1) is 13.5.